The molecule has 0 amide bonds. The number of anilines is 1. The Balaban J connectivity index is 1.99. The minimum atomic E-state index is 0.223. The van der Waals surface area contributed by atoms with Crippen molar-refractivity contribution in [3.63, 3.8) is 0 Å². The number of halogens is 1. The molecule has 0 heterocycles. The third-order valence-corrected chi connectivity index (χ3v) is 4.04. The highest BCUT2D eigenvalue weighted by Crippen LogP contribution is 2.18. The average molecular weight is 363 g/mol. The van der Waals surface area contributed by atoms with Crippen molar-refractivity contribution >= 4 is 38.9 Å². The fourth-order valence-electron chi connectivity index (χ4n) is 2.08. The Morgan fingerprint density at radius 2 is 1.71 bits per heavy atom. The van der Waals surface area contributed by atoms with Crippen molar-refractivity contribution in [3.8, 4) is 0 Å². The number of hydrogen-bond acceptors (Lipinski definition) is 1. The van der Waals surface area contributed by atoms with Crippen LogP contribution in [0.15, 0.2) is 53.0 Å². The zero-order valence-electron chi connectivity index (χ0n) is 12.2. The molecular weight excluding hydrogens is 344 g/mol. The van der Waals surface area contributed by atoms with E-state index in [0.29, 0.717) is 5.11 Å². The molecule has 2 rings (SSSR count). The second-order valence-electron chi connectivity index (χ2n) is 4.98. The predicted molar refractivity (Wildman–Crippen MR) is 97.7 cm³/mol. The molecule has 2 nitrogen and oxygen atoms in total. The van der Waals surface area contributed by atoms with E-state index in [9.17, 15) is 0 Å². The van der Waals surface area contributed by atoms with Crippen LogP contribution in [0.25, 0.3) is 0 Å². The molecule has 4 heteroatoms. The third kappa shape index (κ3) is 4.83. The Kier molecular flexibility index (Phi) is 5.76. The van der Waals surface area contributed by atoms with Crippen LogP contribution in [0.5, 0.6) is 0 Å². The summed E-state index contributed by atoms with van der Waals surface area (Å²) in [7, 11) is 0. The first-order valence-electron chi connectivity index (χ1n) is 6.98. The minimum Gasteiger partial charge on any atom is -0.356 e. The van der Waals surface area contributed by atoms with E-state index in [2.05, 4.69) is 64.7 Å². The molecule has 0 saturated carbocycles. The van der Waals surface area contributed by atoms with Gasteiger partial charge < -0.3 is 10.6 Å². The summed E-state index contributed by atoms with van der Waals surface area (Å²) >= 11 is 8.83. The van der Waals surface area contributed by atoms with E-state index < -0.39 is 0 Å². The van der Waals surface area contributed by atoms with Crippen LogP contribution in [0.4, 0.5) is 5.69 Å². The molecule has 0 bridgehead atoms. The fraction of sp³-hybridized carbons (Fsp3) is 0.235. The summed E-state index contributed by atoms with van der Waals surface area (Å²) in [5.74, 6) is 0. The molecule has 0 radical (unpaired) electrons. The number of thiocarbonyl (C=S) groups is 1. The van der Waals surface area contributed by atoms with Crippen LogP contribution in [-0.2, 0) is 0 Å². The molecule has 0 saturated heterocycles. The van der Waals surface area contributed by atoms with Crippen LogP contribution in [0, 0.1) is 6.92 Å². The molecule has 0 aliphatic carbocycles. The van der Waals surface area contributed by atoms with Crippen molar-refractivity contribution in [1.82, 2.24) is 5.32 Å². The first-order valence-corrected chi connectivity index (χ1v) is 8.18. The number of nitrogens with one attached hydrogen (secondary N) is 2. The maximum absolute atomic E-state index is 5.40. The van der Waals surface area contributed by atoms with Gasteiger partial charge in [0.2, 0.25) is 0 Å². The van der Waals surface area contributed by atoms with Gasteiger partial charge in [-0.15, -0.1) is 0 Å². The molecule has 2 aromatic carbocycles. The molecule has 110 valence electrons. The molecule has 0 aromatic heterocycles. The van der Waals surface area contributed by atoms with Crippen molar-refractivity contribution < 1.29 is 0 Å². The Labute approximate surface area is 140 Å². The fourth-order valence-corrected chi connectivity index (χ4v) is 2.60. The van der Waals surface area contributed by atoms with Crippen molar-refractivity contribution in [1.29, 1.82) is 0 Å². The topological polar surface area (TPSA) is 24.1 Å². The number of aryl methyl sites for hydroxylation is 1. The molecule has 1 atom stereocenters. The molecular formula is C17H19BrN2S. The molecule has 21 heavy (non-hydrogen) atoms. The van der Waals surface area contributed by atoms with Crippen LogP contribution < -0.4 is 10.6 Å². The zero-order valence-corrected chi connectivity index (χ0v) is 14.6. The van der Waals surface area contributed by atoms with Gasteiger partial charge in [0.15, 0.2) is 5.11 Å². The second-order valence-corrected chi connectivity index (χ2v) is 6.30. The maximum atomic E-state index is 5.40. The van der Waals surface area contributed by atoms with E-state index in [1.807, 2.05) is 24.3 Å². The Hall–Kier alpha value is -1.39. The predicted octanol–water partition coefficient (Wildman–Crippen LogP) is 5.20. The largest absolute Gasteiger partial charge is 0.356 e. The summed E-state index contributed by atoms with van der Waals surface area (Å²) in [5, 5.41) is 7.23. The maximum Gasteiger partial charge on any atom is 0.171 e. The van der Waals surface area contributed by atoms with Gasteiger partial charge in [0.25, 0.3) is 0 Å². The molecule has 0 unspecified atom stereocenters. The Morgan fingerprint density at radius 3 is 2.29 bits per heavy atom. The van der Waals surface area contributed by atoms with E-state index >= 15 is 0 Å². The summed E-state index contributed by atoms with van der Waals surface area (Å²) in [6, 6.07) is 16.7. The first kappa shape index (κ1) is 16.0. The average Bonchev–Trinajstić information content (AvgIpc) is 2.48. The standard InChI is InChI=1S/C17H19BrN2S/c1-3-16(13-6-4-12(2)5-7-13)20-17(21)19-15-10-8-14(18)9-11-15/h4-11,16H,3H2,1-2H3,(H2,19,20,21)/t16-/m1/s1. The third-order valence-electron chi connectivity index (χ3n) is 3.30. The van der Waals surface area contributed by atoms with Gasteiger partial charge in [-0.3, -0.25) is 0 Å². The number of hydrogen-bond donors (Lipinski definition) is 2. The molecule has 0 fully saturated rings. The van der Waals surface area contributed by atoms with Gasteiger partial charge >= 0.3 is 0 Å². The van der Waals surface area contributed by atoms with Crippen LogP contribution >= 0.6 is 28.1 Å². The van der Waals surface area contributed by atoms with Crippen LogP contribution in [0.2, 0.25) is 0 Å². The van der Waals surface area contributed by atoms with Gasteiger partial charge in [-0.1, -0.05) is 52.7 Å². The van der Waals surface area contributed by atoms with Gasteiger partial charge in [-0.2, -0.15) is 0 Å². The lowest BCUT2D eigenvalue weighted by Crippen LogP contribution is -2.32. The highest BCUT2D eigenvalue weighted by Gasteiger charge is 2.10. The van der Waals surface area contributed by atoms with Crippen molar-refractivity contribution in [2.75, 3.05) is 5.32 Å². The lowest BCUT2D eigenvalue weighted by atomic mass is 10.0. The van der Waals surface area contributed by atoms with E-state index in [4.69, 9.17) is 12.2 Å². The minimum absolute atomic E-state index is 0.223. The zero-order chi connectivity index (χ0) is 15.2. The summed E-state index contributed by atoms with van der Waals surface area (Å²) in [6.45, 7) is 4.25. The molecule has 0 aliphatic rings. The van der Waals surface area contributed by atoms with Crippen molar-refractivity contribution in [2.45, 2.75) is 26.3 Å². The molecule has 2 aromatic rings. The summed E-state index contributed by atoms with van der Waals surface area (Å²) in [5.41, 5.74) is 3.50. The molecule has 0 spiro atoms. The van der Waals surface area contributed by atoms with Crippen molar-refractivity contribution in [3.05, 3.63) is 64.1 Å². The number of rotatable bonds is 4. The van der Waals surface area contributed by atoms with Crippen LogP contribution in [0.3, 0.4) is 0 Å². The van der Waals surface area contributed by atoms with Crippen molar-refractivity contribution in [2.24, 2.45) is 0 Å². The summed E-state index contributed by atoms with van der Waals surface area (Å²) < 4.78 is 1.05. The van der Waals surface area contributed by atoms with Gasteiger partial charge in [-0.05, 0) is 55.4 Å². The smallest absolute Gasteiger partial charge is 0.171 e. The van der Waals surface area contributed by atoms with Gasteiger partial charge in [0, 0.05) is 10.2 Å². The second kappa shape index (κ2) is 7.57. The SMILES string of the molecule is CC[C@@H](NC(=S)Nc1ccc(Br)cc1)c1ccc(C)cc1. The lowest BCUT2D eigenvalue weighted by Gasteiger charge is -2.20. The molecule has 0 aliphatic heterocycles. The van der Waals surface area contributed by atoms with Gasteiger partial charge in [0.1, 0.15) is 0 Å². The quantitative estimate of drug-likeness (QED) is 0.731. The van der Waals surface area contributed by atoms with E-state index in [1.54, 1.807) is 0 Å². The van der Waals surface area contributed by atoms with E-state index in [1.165, 1.54) is 11.1 Å². The summed E-state index contributed by atoms with van der Waals surface area (Å²) in [4.78, 5) is 0. The van der Waals surface area contributed by atoms with Crippen LogP contribution in [0.1, 0.15) is 30.5 Å². The summed E-state index contributed by atoms with van der Waals surface area (Å²) in [6.07, 6.45) is 0.977. The van der Waals surface area contributed by atoms with Gasteiger partial charge in [0.05, 0.1) is 6.04 Å². The monoisotopic (exact) mass is 362 g/mol. The highest BCUT2D eigenvalue weighted by atomic mass is 79.9. The normalized spacial score (nSPS) is 11.8. The van der Waals surface area contributed by atoms with E-state index in [0.717, 1.165) is 16.6 Å². The number of benzene rings is 2. The van der Waals surface area contributed by atoms with Crippen LogP contribution in [-0.4, -0.2) is 5.11 Å². The van der Waals surface area contributed by atoms with E-state index in [-0.39, 0.29) is 6.04 Å². The lowest BCUT2D eigenvalue weighted by molar-refractivity contribution is 0.629. The Bertz CT molecular complexity index is 593. The molecule has 2 N–H and O–H groups in total. The van der Waals surface area contributed by atoms with Gasteiger partial charge in [-0.25, -0.2) is 0 Å². The Morgan fingerprint density at radius 1 is 1.10 bits per heavy atom. The highest BCUT2D eigenvalue weighted by molar-refractivity contribution is 9.10. The first-order chi connectivity index (χ1) is 10.1.